The number of hydrogen-bond acceptors (Lipinski definition) is 4. The highest BCUT2D eigenvalue weighted by molar-refractivity contribution is 5.15. The molecule has 0 aromatic carbocycles. The van der Waals surface area contributed by atoms with Gasteiger partial charge in [-0.1, -0.05) is 20.8 Å². The molecule has 5 fully saturated rings. The highest BCUT2D eigenvalue weighted by atomic mass is 17.3. The van der Waals surface area contributed by atoms with Gasteiger partial charge in [-0.05, 0) is 50.9 Å². The SMILES string of the molecule is C[C@@H]1CC[C@@]2(C)[C@@H](C)[C@H](C)O[C@@H]3O[C@]4(C)CC[C@@H]1[C@]32OO4. The third-order valence-corrected chi connectivity index (χ3v) is 7.27. The van der Waals surface area contributed by atoms with Crippen LogP contribution in [-0.2, 0) is 19.2 Å². The van der Waals surface area contributed by atoms with E-state index < -0.39 is 11.4 Å². The van der Waals surface area contributed by atoms with Gasteiger partial charge in [0.25, 0.3) is 0 Å². The van der Waals surface area contributed by atoms with Crippen LogP contribution in [0, 0.1) is 23.2 Å². The molecule has 0 aromatic rings. The number of rotatable bonds is 0. The van der Waals surface area contributed by atoms with E-state index in [-0.39, 0.29) is 17.8 Å². The van der Waals surface area contributed by atoms with E-state index in [1.54, 1.807) is 0 Å². The van der Waals surface area contributed by atoms with Gasteiger partial charge in [0, 0.05) is 11.8 Å². The predicted molar refractivity (Wildman–Crippen MR) is 77.1 cm³/mol. The fourth-order valence-electron chi connectivity index (χ4n) is 5.46. The zero-order chi connectivity index (χ0) is 15.0. The maximum absolute atomic E-state index is 6.30. The minimum atomic E-state index is -0.659. The Hall–Kier alpha value is -0.160. The van der Waals surface area contributed by atoms with Gasteiger partial charge in [-0.2, -0.15) is 0 Å². The summed E-state index contributed by atoms with van der Waals surface area (Å²) in [7, 11) is 0. The second-order valence-electron chi connectivity index (χ2n) is 8.25. The van der Waals surface area contributed by atoms with Gasteiger partial charge in [-0.3, -0.25) is 0 Å². The zero-order valence-corrected chi connectivity index (χ0v) is 13.8. The molecule has 8 atom stereocenters. The van der Waals surface area contributed by atoms with Crippen LogP contribution in [0.15, 0.2) is 0 Å². The molecule has 5 rings (SSSR count). The number of ether oxygens (including phenoxy) is 2. The molecule has 4 heterocycles. The van der Waals surface area contributed by atoms with E-state index in [4.69, 9.17) is 19.2 Å². The summed E-state index contributed by atoms with van der Waals surface area (Å²) in [6, 6.07) is 0. The molecule has 2 bridgehead atoms. The molecular weight excluding hydrogens is 268 g/mol. The lowest BCUT2D eigenvalue weighted by Gasteiger charge is -2.65. The van der Waals surface area contributed by atoms with Crippen molar-refractivity contribution in [3.05, 3.63) is 0 Å². The summed E-state index contributed by atoms with van der Waals surface area (Å²) in [5.41, 5.74) is -0.412. The fourth-order valence-corrected chi connectivity index (χ4v) is 5.46. The van der Waals surface area contributed by atoms with Crippen LogP contribution >= 0.6 is 0 Å². The predicted octanol–water partition coefficient (Wildman–Crippen LogP) is 3.65. The summed E-state index contributed by atoms with van der Waals surface area (Å²) < 4.78 is 12.6. The minimum Gasteiger partial charge on any atom is -0.346 e. The van der Waals surface area contributed by atoms with Crippen LogP contribution in [0.25, 0.3) is 0 Å². The molecule has 5 aliphatic rings. The third-order valence-electron chi connectivity index (χ3n) is 7.27. The van der Waals surface area contributed by atoms with Crippen molar-refractivity contribution in [3.63, 3.8) is 0 Å². The molecule has 4 nitrogen and oxygen atoms in total. The molecule has 4 aliphatic heterocycles. The molecule has 0 N–H and O–H groups in total. The van der Waals surface area contributed by atoms with Gasteiger partial charge in [0.05, 0.1) is 6.10 Å². The van der Waals surface area contributed by atoms with Crippen molar-refractivity contribution in [2.75, 3.05) is 0 Å². The lowest BCUT2D eigenvalue weighted by molar-refractivity contribution is -0.580. The first-order chi connectivity index (χ1) is 9.82. The molecule has 1 aliphatic carbocycles. The van der Waals surface area contributed by atoms with Crippen molar-refractivity contribution in [1.29, 1.82) is 0 Å². The van der Waals surface area contributed by atoms with Gasteiger partial charge in [0.15, 0.2) is 11.9 Å². The van der Waals surface area contributed by atoms with Crippen molar-refractivity contribution >= 4 is 0 Å². The van der Waals surface area contributed by atoms with E-state index in [2.05, 4.69) is 27.7 Å². The topological polar surface area (TPSA) is 36.9 Å². The molecular formula is C17H28O4. The Morgan fingerprint density at radius 2 is 1.71 bits per heavy atom. The first-order valence-corrected chi connectivity index (χ1v) is 8.52. The highest BCUT2D eigenvalue weighted by Crippen LogP contribution is 2.65. The molecule has 4 heteroatoms. The Labute approximate surface area is 127 Å². The molecule has 4 saturated heterocycles. The van der Waals surface area contributed by atoms with E-state index in [0.717, 1.165) is 19.3 Å². The normalized spacial score (nSPS) is 63.0. The van der Waals surface area contributed by atoms with Gasteiger partial charge in [0.1, 0.15) is 0 Å². The molecule has 0 radical (unpaired) electrons. The summed E-state index contributed by atoms with van der Waals surface area (Å²) in [6.45, 7) is 11.2. The summed E-state index contributed by atoms with van der Waals surface area (Å²) in [5, 5.41) is 0. The Morgan fingerprint density at radius 1 is 0.952 bits per heavy atom. The Balaban J connectivity index is 1.88. The Morgan fingerprint density at radius 3 is 2.48 bits per heavy atom. The first-order valence-electron chi connectivity index (χ1n) is 8.52. The van der Waals surface area contributed by atoms with Crippen LogP contribution in [0.5, 0.6) is 0 Å². The smallest absolute Gasteiger partial charge is 0.201 e. The molecule has 0 unspecified atom stereocenters. The van der Waals surface area contributed by atoms with Crippen LogP contribution in [-0.4, -0.2) is 23.8 Å². The van der Waals surface area contributed by atoms with Crippen LogP contribution in [0.4, 0.5) is 0 Å². The van der Waals surface area contributed by atoms with Crippen LogP contribution < -0.4 is 0 Å². The van der Waals surface area contributed by atoms with E-state index in [0.29, 0.717) is 17.8 Å². The molecule has 0 aromatic heterocycles. The first kappa shape index (κ1) is 14.4. The largest absolute Gasteiger partial charge is 0.346 e. The van der Waals surface area contributed by atoms with Crippen molar-refractivity contribution in [3.8, 4) is 0 Å². The number of hydrogen-bond donors (Lipinski definition) is 0. The maximum Gasteiger partial charge on any atom is 0.201 e. The van der Waals surface area contributed by atoms with E-state index in [1.807, 2.05) is 6.92 Å². The van der Waals surface area contributed by atoms with Crippen LogP contribution in [0.1, 0.15) is 60.3 Å². The van der Waals surface area contributed by atoms with Gasteiger partial charge >= 0.3 is 0 Å². The summed E-state index contributed by atoms with van der Waals surface area (Å²) in [4.78, 5) is 12.0. The molecule has 1 saturated carbocycles. The third kappa shape index (κ3) is 1.60. The second kappa shape index (κ2) is 4.22. The molecule has 21 heavy (non-hydrogen) atoms. The quantitative estimate of drug-likeness (QED) is 0.639. The second-order valence-corrected chi connectivity index (χ2v) is 8.25. The van der Waals surface area contributed by atoms with Crippen molar-refractivity contribution < 1.29 is 19.2 Å². The molecule has 120 valence electrons. The lowest BCUT2D eigenvalue weighted by atomic mass is 9.49. The Kier molecular flexibility index (Phi) is 2.90. The van der Waals surface area contributed by atoms with Crippen LogP contribution in [0.2, 0.25) is 0 Å². The van der Waals surface area contributed by atoms with Crippen LogP contribution in [0.3, 0.4) is 0 Å². The average Bonchev–Trinajstić information content (AvgIpc) is 2.67. The summed E-state index contributed by atoms with van der Waals surface area (Å²) in [5.74, 6) is 0.838. The zero-order valence-electron chi connectivity index (χ0n) is 13.8. The minimum absolute atomic E-state index is 0.0399. The van der Waals surface area contributed by atoms with Crippen molar-refractivity contribution in [1.82, 2.24) is 0 Å². The van der Waals surface area contributed by atoms with Gasteiger partial charge < -0.3 is 9.47 Å². The average molecular weight is 296 g/mol. The maximum atomic E-state index is 6.30. The molecule has 0 amide bonds. The van der Waals surface area contributed by atoms with Crippen molar-refractivity contribution in [2.45, 2.75) is 84.1 Å². The summed E-state index contributed by atoms with van der Waals surface area (Å²) >= 11 is 0. The van der Waals surface area contributed by atoms with Gasteiger partial charge in [-0.25, -0.2) is 9.78 Å². The van der Waals surface area contributed by atoms with Gasteiger partial charge in [0.2, 0.25) is 5.79 Å². The van der Waals surface area contributed by atoms with E-state index in [9.17, 15) is 0 Å². The van der Waals surface area contributed by atoms with E-state index in [1.165, 1.54) is 6.42 Å². The van der Waals surface area contributed by atoms with E-state index >= 15 is 0 Å². The van der Waals surface area contributed by atoms with Gasteiger partial charge in [-0.15, -0.1) is 0 Å². The lowest BCUT2D eigenvalue weighted by Crippen LogP contribution is -2.74. The van der Waals surface area contributed by atoms with Crippen molar-refractivity contribution in [2.24, 2.45) is 23.2 Å². The molecule has 1 spiro atoms. The fraction of sp³-hybridized carbons (Fsp3) is 1.00. The monoisotopic (exact) mass is 296 g/mol. The number of fused-ring (bicyclic) bond motifs is 2. The highest BCUT2D eigenvalue weighted by Gasteiger charge is 2.73. The Bertz CT molecular complexity index is 454. The standard InChI is InChI=1S/C17H28O4/c1-10-6-8-15(4)11(2)12(3)18-14-17(15)13(10)7-9-16(5,19-14)20-21-17/h10-14H,6-9H2,1-5H3/t10-,11+,12+,13+,14-,15+,16+,17+/m1/s1. The summed E-state index contributed by atoms with van der Waals surface area (Å²) in [6.07, 6.45) is 4.26.